The Hall–Kier alpha value is -1.40. The van der Waals surface area contributed by atoms with Crippen molar-refractivity contribution >= 4 is 11.9 Å². The molecular weight excluding hydrogens is 899 g/mol. The predicted molar refractivity (Wildman–Crippen MR) is 320 cm³/mol. The van der Waals surface area contributed by atoms with E-state index in [9.17, 15) is 19.8 Å². The van der Waals surface area contributed by atoms with E-state index in [0.717, 1.165) is 38.5 Å². The summed E-state index contributed by atoms with van der Waals surface area (Å²) in [4.78, 5) is 24.6. The highest BCUT2D eigenvalue weighted by molar-refractivity contribution is 5.76. The number of rotatable bonds is 63. The molecule has 0 aromatic carbocycles. The molecule has 0 aliphatic heterocycles. The minimum absolute atomic E-state index is 0.0125. The fourth-order valence-electron chi connectivity index (χ4n) is 10.7. The lowest BCUT2D eigenvalue weighted by Gasteiger charge is -2.20. The van der Waals surface area contributed by atoms with E-state index in [1.165, 1.54) is 315 Å². The third-order valence-corrected chi connectivity index (χ3v) is 15.8. The van der Waals surface area contributed by atoms with Crippen LogP contribution in [0, 0.1) is 0 Å². The molecule has 0 aliphatic rings. The first kappa shape index (κ1) is 71.6. The van der Waals surface area contributed by atoms with Gasteiger partial charge in [0.25, 0.3) is 0 Å². The summed E-state index contributed by atoms with van der Waals surface area (Å²) in [5.74, 6) is -0.0527. The van der Waals surface area contributed by atoms with Crippen molar-refractivity contribution in [2.75, 3.05) is 13.2 Å². The van der Waals surface area contributed by atoms with Gasteiger partial charge in [-0.25, -0.2) is 0 Å². The van der Waals surface area contributed by atoms with Crippen LogP contribution in [0.25, 0.3) is 0 Å². The van der Waals surface area contributed by atoms with Crippen LogP contribution in [0.15, 0.2) is 12.2 Å². The number of amides is 1. The zero-order valence-corrected chi connectivity index (χ0v) is 49.6. The second-order valence-electron chi connectivity index (χ2n) is 23.2. The Morgan fingerprint density at radius 3 is 0.932 bits per heavy atom. The van der Waals surface area contributed by atoms with Crippen molar-refractivity contribution in [2.45, 2.75) is 392 Å². The second kappa shape index (κ2) is 63.1. The topological polar surface area (TPSA) is 95.9 Å². The number of hydrogen-bond acceptors (Lipinski definition) is 5. The van der Waals surface area contributed by atoms with Gasteiger partial charge in [0.05, 0.1) is 25.4 Å². The van der Waals surface area contributed by atoms with Crippen molar-refractivity contribution in [3.63, 3.8) is 0 Å². The van der Waals surface area contributed by atoms with Gasteiger partial charge in [0, 0.05) is 12.8 Å². The lowest BCUT2D eigenvalue weighted by Crippen LogP contribution is -2.45. The van der Waals surface area contributed by atoms with Crippen molar-refractivity contribution < 1.29 is 24.5 Å². The van der Waals surface area contributed by atoms with Crippen LogP contribution in [0.5, 0.6) is 0 Å². The molecule has 434 valence electrons. The number of aliphatic hydroxyl groups excluding tert-OH is 2. The molecule has 0 spiro atoms. The Balaban J connectivity index is 3.42. The van der Waals surface area contributed by atoms with Crippen LogP contribution in [-0.2, 0) is 14.3 Å². The van der Waals surface area contributed by atoms with Gasteiger partial charge >= 0.3 is 5.97 Å². The molecule has 73 heavy (non-hydrogen) atoms. The van der Waals surface area contributed by atoms with E-state index in [-0.39, 0.29) is 18.5 Å². The smallest absolute Gasteiger partial charge is 0.305 e. The molecule has 0 bridgehead atoms. The maximum absolute atomic E-state index is 12.5. The molecule has 2 unspecified atom stereocenters. The lowest BCUT2D eigenvalue weighted by atomic mass is 10.0. The molecule has 0 saturated heterocycles. The monoisotopic (exact) mass is 1030 g/mol. The van der Waals surface area contributed by atoms with Gasteiger partial charge < -0.3 is 20.3 Å². The first-order chi connectivity index (χ1) is 36.0. The molecule has 0 radical (unpaired) electrons. The Morgan fingerprint density at radius 2 is 0.630 bits per heavy atom. The van der Waals surface area contributed by atoms with Crippen molar-refractivity contribution in [3.8, 4) is 0 Å². The normalized spacial score (nSPS) is 12.5. The highest BCUT2D eigenvalue weighted by Crippen LogP contribution is 2.19. The molecular formula is C67H131NO5. The number of unbranched alkanes of at least 4 members (excludes halogenated alkanes) is 52. The van der Waals surface area contributed by atoms with Crippen LogP contribution >= 0.6 is 0 Å². The Bertz CT molecular complexity index is 1100. The van der Waals surface area contributed by atoms with E-state index >= 15 is 0 Å². The average molecular weight is 1030 g/mol. The highest BCUT2D eigenvalue weighted by Gasteiger charge is 2.18. The van der Waals surface area contributed by atoms with Crippen LogP contribution in [0.4, 0.5) is 0 Å². The van der Waals surface area contributed by atoms with Crippen molar-refractivity contribution in [1.82, 2.24) is 5.32 Å². The molecule has 6 heteroatoms. The van der Waals surface area contributed by atoms with E-state index in [4.69, 9.17) is 4.74 Å². The van der Waals surface area contributed by atoms with Crippen LogP contribution in [0.1, 0.15) is 380 Å². The van der Waals surface area contributed by atoms with Crippen LogP contribution in [0.2, 0.25) is 0 Å². The molecule has 1 amide bonds. The summed E-state index contributed by atoms with van der Waals surface area (Å²) in [5.41, 5.74) is 0. The van der Waals surface area contributed by atoms with E-state index < -0.39 is 12.1 Å². The highest BCUT2D eigenvalue weighted by atomic mass is 16.5. The zero-order valence-electron chi connectivity index (χ0n) is 49.6. The van der Waals surface area contributed by atoms with Gasteiger partial charge in [-0.3, -0.25) is 9.59 Å². The quantitative estimate of drug-likeness (QED) is 0.0320. The van der Waals surface area contributed by atoms with Crippen molar-refractivity contribution in [1.29, 1.82) is 0 Å². The third-order valence-electron chi connectivity index (χ3n) is 15.8. The zero-order chi connectivity index (χ0) is 52.9. The number of aliphatic hydroxyl groups is 2. The van der Waals surface area contributed by atoms with Gasteiger partial charge in [0.2, 0.25) is 5.91 Å². The molecule has 2 atom stereocenters. The van der Waals surface area contributed by atoms with Crippen LogP contribution < -0.4 is 5.32 Å². The molecule has 0 aliphatic carbocycles. The van der Waals surface area contributed by atoms with E-state index in [2.05, 4.69) is 19.2 Å². The Kier molecular flexibility index (Phi) is 61.9. The standard InChI is InChI=1S/C67H131NO5/c1-3-5-7-9-11-13-15-17-18-19-20-21-22-23-26-29-32-36-39-43-47-51-55-59-65(70)64(63-69)68-66(71)60-56-52-48-44-40-37-33-30-27-24-25-28-31-34-38-42-46-50-54-58-62-73-67(72)61-57-53-49-45-41-35-16-14-12-10-8-6-4-2/h55,59,64-65,69-70H,3-54,56-58,60-63H2,1-2H3,(H,68,71)/b59-55+. The van der Waals surface area contributed by atoms with Crippen LogP contribution in [-0.4, -0.2) is 47.4 Å². The van der Waals surface area contributed by atoms with Gasteiger partial charge in [0.1, 0.15) is 0 Å². The summed E-state index contributed by atoms with van der Waals surface area (Å²) in [7, 11) is 0. The lowest BCUT2D eigenvalue weighted by molar-refractivity contribution is -0.143. The predicted octanol–water partition coefficient (Wildman–Crippen LogP) is 21.2. The maximum atomic E-state index is 12.5. The van der Waals surface area contributed by atoms with E-state index in [1.807, 2.05) is 6.08 Å². The first-order valence-corrected chi connectivity index (χ1v) is 33.5. The third kappa shape index (κ3) is 59.7. The fourth-order valence-corrected chi connectivity index (χ4v) is 10.7. The number of allylic oxidation sites excluding steroid dienone is 1. The second-order valence-corrected chi connectivity index (χ2v) is 23.2. The van der Waals surface area contributed by atoms with Gasteiger partial charge in [-0.1, -0.05) is 347 Å². The Morgan fingerprint density at radius 1 is 0.370 bits per heavy atom. The number of nitrogens with one attached hydrogen (secondary N) is 1. The van der Waals surface area contributed by atoms with Gasteiger partial charge in [-0.2, -0.15) is 0 Å². The number of hydrogen-bond donors (Lipinski definition) is 3. The molecule has 0 fully saturated rings. The minimum atomic E-state index is -0.846. The summed E-state index contributed by atoms with van der Waals surface area (Å²) in [6.07, 6.45) is 76.9. The number of carbonyl (C=O) groups is 2. The molecule has 0 rings (SSSR count). The molecule has 3 N–H and O–H groups in total. The van der Waals surface area contributed by atoms with Gasteiger partial charge in [-0.15, -0.1) is 0 Å². The summed E-state index contributed by atoms with van der Waals surface area (Å²) in [6.45, 7) is 4.94. The Labute approximate surface area is 457 Å². The van der Waals surface area contributed by atoms with E-state index in [0.29, 0.717) is 19.4 Å². The molecule has 0 heterocycles. The summed E-state index contributed by atoms with van der Waals surface area (Å²) in [6, 6.07) is -0.630. The first-order valence-electron chi connectivity index (χ1n) is 33.5. The van der Waals surface area contributed by atoms with Gasteiger partial charge in [0.15, 0.2) is 0 Å². The summed E-state index contributed by atoms with van der Waals surface area (Å²) >= 11 is 0. The minimum Gasteiger partial charge on any atom is -0.466 e. The van der Waals surface area contributed by atoms with Gasteiger partial charge in [-0.05, 0) is 32.1 Å². The largest absolute Gasteiger partial charge is 0.466 e. The summed E-state index contributed by atoms with van der Waals surface area (Å²) < 4.78 is 5.48. The molecule has 6 nitrogen and oxygen atoms in total. The molecule has 0 aromatic rings. The van der Waals surface area contributed by atoms with Crippen molar-refractivity contribution in [2.24, 2.45) is 0 Å². The number of ether oxygens (including phenoxy) is 1. The number of esters is 1. The average Bonchev–Trinajstić information content (AvgIpc) is 3.39. The summed E-state index contributed by atoms with van der Waals surface area (Å²) in [5, 5.41) is 23.2. The fraction of sp³-hybridized carbons (Fsp3) is 0.940. The van der Waals surface area contributed by atoms with Crippen LogP contribution in [0.3, 0.4) is 0 Å². The SMILES string of the molecule is CCCCCCCCCCCCCCCCCCCCCCC/C=C/C(O)C(CO)NC(=O)CCCCCCCCCCCCCCCCCCCCCCOC(=O)CCCCCCCCCCCCCCC. The molecule has 0 aromatic heterocycles. The molecule has 0 saturated carbocycles. The number of carbonyl (C=O) groups excluding carboxylic acids is 2. The van der Waals surface area contributed by atoms with Crippen molar-refractivity contribution in [3.05, 3.63) is 12.2 Å². The maximum Gasteiger partial charge on any atom is 0.305 e. The van der Waals surface area contributed by atoms with E-state index in [1.54, 1.807) is 6.08 Å².